The smallest absolute Gasteiger partial charge is 0.264 e. The summed E-state index contributed by atoms with van der Waals surface area (Å²) in [6.07, 6.45) is 2.59. The van der Waals surface area contributed by atoms with Gasteiger partial charge in [-0.3, -0.25) is 9.36 Å². The quantitative estimate of drug-likeness (QED) is 0.309. The van der Waals surface area contributed by atoms with Crippen LogP contribution in [0.2, 0.25) is 5.02 Å². The number of para-hydroxylation sites is 1. The molecule has 0 amide bonds. The van der Waals surface area contributed by atoms with E-state index in [0.717, 1.165) is 17.6 Å². The Bertz CT molecular complexity index is 1800. The normalized spacial score (nSPS) is 12.5. The van der Waals surface area contributed by atoms with Crippen molar-refractivity contribution < 1.29 is 8.42 Å². The first-order valence-corrected chi connectivity index (χ1v) is 14.2. The summed E-state index contributed by atoms with van der Waals surface area (Å²) >= 11 is 7.43. The van der Waals surface area contributed by atoms with Gasteiger partial charge >= 0.3 is 0 Å². The number of nitrogen functional groups attached to an aromatic ring is 1. The molecule has 9 nitrogen and oxygen atoms in total. The summed E-state index contributed by atoms with van der Waals surface area (Å²) in [5.41, 5.74) is 7.84. The van der Waals surface area contributed by atoms with Crippen molar-refractivity contribution >= 4 is 55.3 Å². The molecule has 0 aliphatic heterocycles. The second-order valence-corrected chi connectivity index (χ2v) is 11.8. The van der Waals surface area contributed by atoms with E-state index in [1.807, 2.05) is 49.4 Å². The number of halogens is 1. The molecule has 3 heterocycles. The lowest BCUT2D eigenvalue weighted by molar-refractivity contribution is 0.601. The molecule has 0 saturated heterocycles. The van der Waals surface area contributed by atoms with Gasteiger partial charge in [0.2, 0.25) is 20.1 Å². The number of nitrogens with one attached hydrogen (secondary N) is 1. The van der Waals surface area contributed by atoms with Crippen LogP contribution in [0.3, 0.4) is 0 Å². The molecule has 0 fully saturated rings. The lowest BCUT2D eigenvalue weighted by Gasteiger charge is -2.22. The Morgan fingerprint density at radius 3 is 2.57 bits per heavy atom. The third kappa shape index (κ3) is 4.80. The van der Waals surface area contributed by atoms with E-state index in [2.05, 4.69) is 20.3 Å². The first kappa shape index (κ1) is 24.9. The van der Waals surface area contributed by atoms with Gasteiger partial charge in [0.15, 0.2) is 0 Å². The van der Waals surface area contributed by atoms with Gasteiger partial charge < -0.3 is 11.1 Å². The average Bonchev–Trinajstić information content (AvgIpc) is 3.35. The number of hydrogen-bond acceptors (Lipinski definition) is 9. The van der Waals surface area contributed by atoms with E-state index < -0.39 is 15.9 Å². The van der Waals surface area contributed by atoms with E-state index in [1.165, 1.54) is 6.20 Å². The maximum atomic E-state index is 13.7. The highest BCUT2D eigenvalue weighted by Crippen LogP contribution is 2.32. The zero-order valence-corrected chi connectivity index (χ0v) is 22.1. The van der Waals surface area contributed by atoms with Gasteiger partial charge in [0.05, 0.1) is 27.7 Å². The van der Waals surface area contributed by atoms with Crippen LogP contribution in [0.4, 0.5) is 11.8 Å². The van der Waals surface area contributed by atoms with Crippen molar-refractivity contribution in [3.05, 3.63) is 87.2 Å². The van der Waals surface area contributed by atoms with Crippen LogP contribution in [-0.2, 0) is 9.84 Å². The molecule has 0 spiro atoms. The Kier molecular flexibility index (Phi) is 6.44. The second-order valence-electron chi connectivity index (χ2n) is 8.38. The topological polar surface area (TPSA) is 133 Å². The lowest BCUT2D eigenvalue weighted by atomic mass is 10.1. The molecule has 0 saturated carbocycles. The third-order valence-corrected chi connectivity index (χ3v) is 8.59. The van der Waals surface area contributed by atoms with Crippen molar-refractivity contribution in [3.63, 3.8) is 0 Å². The van der Waals surface area contributed by atoms with Crippen LogP contribution < -0.4 is 16.6 Å². The van der Waals surface area contributed by atoms with E-state index in [9.17, 15) is 13.2 Å². The number of nitrogens with two attached hydrogens (primary N) is 1. The molecule has 188 valence electrons. The van der Waals surface area contributed by atoms with E-state index in [0.29, 0.717) is 44.3 Å². The van der Waals surface area contributed by atoms with Gasteiger partial charge in [0, 0.05) is 29.2 Å². The van der Waals surface area contributed by atoms with Gasteiger partial charge in [-0.1, -0.05) is 41.9 Å². The van der Waals surface area contributed by atoms with E-state index in [1.54, 1.807) is 22.1 Å². The maximum absolute atomic E-state index is 13.7. The van der Waals surface area contributed by atoms with Crippen LogP contribution in [0.5, 0.6) is 0 Å². The number of thiazole rings is 1. The number of nitrogens with zero attached hydrogens (tertiary/aromatic N) is 4. The average molecular weight is 553 g/mol. The Morgan fingerprint density at radius 2 is 1.86 bits per heavy atom. The van der Waals surface area contributed by atoms with Crippen LogP contribution in [0, 0.1) is 0 Å². The van der Waals surface area contributed by atoms with Gasteiger partial charge in [0.1, 0.15) is 5.82 Å². The van der Waals surface area contributed by atoms with Crippen LogP contribution in [0.25, 0.3) is 27.7 Å². The SMILES string of the molecule is C[C@H](Nc1nc(N)ncc1-c1csc(S(C)(=O)=O)n1)c1cc2cccc(Cl)c2c(=O)n1-c1ccccc1. The molecular weight excluding hydrogens is 532 g/mol. The Hall–Kier alpha value is -3.80. The Morgan fingerprint density at radius 1 is 1.11 bits per heavy atom. The summed E-state index contributed by atoms with van der Waals surface area (Å²) in [4.78, 5) is 26.4. The summed E-state index contributed by atoms with van der Waals surface area (Å²) in [6, 6.07) is 16.0. The number of rotatable bonds is 6. The predicted octanol–water partition coefficient (Wildman–Crippen LogP) is 4.72. The summed E-state index contributed by atoms with van der Waals surface area (Å²) < 4.78 is 25.5. The molecule has 5 rings (SSSR count). The standard InChI is InChI=1S/C25H21ClN6O3S2/c1-14(29-22-17(12-28-24(27)31-22)19-13-36-25(30-19)37(2,34)35)20-11-15-7-6-10-18(26)21(15)23(33)32(20)16-8-4-3-5-9-16/h3-14H,1-2H3,(H3,27,28,29,31)/t14-/m0/s1. The molecule has 0 radical (unpaired) electrons. The maximum Gasteiger partial charge on any atom is 0.264 e. The highest BCUT2D eigenvalue weighted by molar-refractivity contribution is 7.92. The fourth-order valence-electron chi connectivity index (χ4n) is 4.02. The minimum atomic E-state index is -3.47. The molecule has 1 atom stereocenters. The minimum Gasteiger partial charge on any atom is -0.368 e. The van der Waals surface area contributed by atoms with Gasteiger partial charge in [-0.2, -0.15) is 4.98 Å². The summed E-state index contributed by atoms with van der Waals surface area (Å²) in [5, 5.41) is 6.44. The van der Waals surface area contributed by atoms with Crippen molar-refractivity contribution in [2.45, 2.75) is 17.3 Å². The number of hydrogen-bond donors (Lipinski definition) is 2. The van der Waals surface area contributed by atoms with Crippen LogP contribution >= 0.6 is 22.9 Å². The molecule has 0 bridgehead atoms. The monoisotopic (exact) mass is 552 g/mol. The van der Waals surface area contributed by atoms with Gasteiger partial charge in [0.25, 0.3) is 5.56 Å². The fourth-order valence-corrected chi connectivity index (χ4v) is 5.94. The minimum absolute atomic E-state index is 0.0114. The van der Waals surface area contributed by atoms with Crippen LogP contribution in [0.1, 0.15) is 18.7 Å². The summed E-state index contributed by atoms with van der Waals surface area (Å²) in [7, 11) is -3.47. The predicted molar refractivity (Wildman–Crippen MR) is 147 cm³/mol. The highest BCUT2D eigenvalue weighted by Gasteiger charge is 2.21. The number of aromatic nitrogens is 4. The molecule has 2 aromatic carbocycles. The third-order valence-electron chi connectivity index (χ3n) is 5.72. The van der Waals surface area contributed by atoms with Crippen LogP contribution in [0.15, 0.2) is 75.3 Å². The molecule has 5 aromatic rings. The number of fused-ring (bicyclic) bond motifs is 1. The Labute approximate surface area is 221 Å². The molecular formula is C25H21ClN6O3S2. The highest BCUT2D eigenvalue weighted by atomic mass is 35.5. The molecule has 3 aromatic heterocycles. The summed E-state index contributed by atoms with van der Waals surface area (Å²) in [5.74, 6) is 0.381. The molecule has 0 aliphatic rings. The van der Waals surface area contributed by atoms with Crippen molar-refractivity contribution in [3.8, 4) is 16.9 Å². The van der Waals surface area contributed by atoms with E-state index in [4.69, 9.17) is 17.3 Å². The zero-order valence-electron chi connectivity index (χ0n) is 19.7. The van der Waals surface area contributed by atoms with Gasteiger partial charge in [-0.15, -0.1) is 11.3 Å². The molecule has 12 heteroatoms. The summed E-state index contributed by atoms with van der Waals surface area (Å²) in [6.45, 7) is 1.88. The van der Waals surface area contributed by atoms with Gasteiger partial charge in [-0.25, -0.2) is 18.4 Å². The molecule has 3 N–H and O–H groups in total. The van der Waals surface area contributed by atoms with Crippen molar-refractivity contribution in [1.82, 2.24) is 19.5 Å². The van der Waals surface area contributed by atoms with Crippen molar-refractivity contribution in [1.29, 1.82) is 0 Å². The fraction of sp³-hybridized carbons (Fsp3) is 0.120. The van der Waals surface area contributed by atoms with Crippen molar-refractivity contribution in [2.24, 2.45) is 0 Å². The lowest BCUT2D eigenvalue weighted by Crippen LogP contribution is -2.26. The van der Waals surface area contributed by atoms with E-state index in [-0.39, 0.29) is 15.8 Å². The largest absolute Gasteiger partial charge is 0.368 e. The number of sulfone groups is 1. The van der Waals surface area contributed by atoms with Crippen molar-refractivity contribution in [2.75, 3.05) is 17.3 Å². The first-order valence-electron chi connectivity index (χ1n) is 11.1. The van der Waals surface area contributed by atoms with Crippen LogP contribution in [-0.4, -0.2) is 34.2 Å². The molecule has 0 unspecified atom stereocenters. The molecule has 0 aliphatic carbocycles. The zero-order chi connectivity index (χ0) is 26.3. The Balaban J connectivity index is 1.65. The molecule has 37 heavy (non-hydrogen) atoms. The number of pyridine rings is 1. The second kappa shape index (κ2) is 9.58. The first-order chi connectivity index (χ1) is 17.6. The van der Waals surface area contributed by atoms with Gasteiger partial charge in [-0.05, 0) is 36.6 Å². The van der Waals surface area contributed by atoms with E-state index >= 15 is 0 Å². The number of anilines is 2. The number of benzene rings is 2.